The van der Waals surface area contributed by atoms with Crippen molar-refractivity contribution >= 4 is 11.9 Å². The van der Waals surface area contributed by atoms with Crippen LogP contribution in [0.4, 0.5) is 5.95 Å². The molecule has 0 amide bonds. The zero-order valence-corrected chi connectivity index (χ0v) is 9.34. The molecule has 6 nitrogen and oxygen atoms in total. The molecule has 0 unspecified atom stereocenters. The van der Waals surface area contributed by atoms with Crippen molar-refractivity contribution in [2.75, 3.05) is 11.4 Å². The highest BCUT2D eigenvalue weighted by atomic mass is 16.4. The molecule has 0 bridgehead atoms. The van der Waals surface area contributed by atoms with Crippen LogP contribution in [0.1, 0.15) is 24.2 Å². The topological polar surface area (TPSA) is 79.2 Å². The van der Waals surface area contributed by atoms with Crippen LogP contribution in [-0.2, 0) is 4.79 Å². The first-order valence-electron chi connectivity index (χ1n) is 5.24. The second-order valence-corrected chi connectivity index (χ2v) is 4.04. The maximum atomic E-state index is 10.7. The van der Waals surface area contributed by atoms with Gasteiger partial charge >= 0.3 is 5.97 Å². The lowest BCUT2D eigenvalue weighted by molar-refractivity contribution is -0.135. The summed E-state index contributed by atoms with van der Waals surface area (Å²) in [6.07, 6.45) is 2.01. The Hall–Kier alpha value is -1.72. The summed E-state index contributed by atoms with van der Waals surface area (Å²) in [7, 11) is 0. The van der Waals surface area contributed by atoms with Crippen molar-refractivity contribution in [3.8, 4) is 0 Å². The van der Waals surface area contributed by atoms with Crippen molar-refractivity contribution in [1.82, 2.24) is 15.2 Å². The second-order valence-electron chi connectivity index (χ2n) is 4.04. The van der Waals surface area contributed by atoms with E-state index in [9.17, 15) is 4.79 Å². The van der Waals surface area contributed by atoms with E-state index < -0.39 is 5.97 Å². The number of carboxylic acid groups (broad SMARTS) is 1. The minimum Gasteiger partial charge on any atom is -0.480 e. The van der Waals surface area contributed by atoms with Crippen LogP contribution >= 0.6 is 0 Å². The van der Waals surface area contributed by atoms with Crippen molar-refractivity contribution in [1.29, 1.82) is 0 Å². The van der Waals surface area contributed by atoms with Gasteiger partial charge in [-0.15, -0.1) is 5.10 Å². The summed E-state index contributed by atoms with van der Waals surface area (Å²) in [6, 6.07) is 0.264. The number of anilines is 1. The first-order valence-corrected chi connectivity index (χ1v) is 5.24. The van der Waals surface area contributed by atoms with Crippen LogP contribution in [-0.4, -0.2) is 38.8 Å². The fourth-order valence-electron chi connectivity index (χ4n) is 1.46. The van der Waals surface area contributed by atoms with Crippen LogP contribution in [0.2, 0.25) is 0 Å². The number of carbonyl (C=O) groups is 1. The highest BCUT2D eigenvalue weighted by molar-refractivity contribution is 5.73. The predicted molar refractivity (Wildman–Crippen MR) is 57.3 cm³/mol. The number of hydrogen-bond acceptors (Lipinski definition) is 5. The van der Waals surface area contributed by atoms with E-state index in [0.29, 0.717) is 5.95 Å². The van der Waals surface area contributed by atoms with E-state index in [2.05, 4.69) is 15.2 Å². The van der Waals surface area contributed by atoms with Crippen LogP contribution in [0.25, 0.3) is 0 Å². The largest absolute Gasteiger partial charge is 0.480 e. The number of aryl methyl sites for hydroxylation is 2. The molecule has 0 saturated heterocycles. The van der Waals surface area contributed by atoms with E-state index in [1.165, 1.54) is 0 Å². The van der Waals surface area contributed by atoms with Crippen LogP contribution in [0.5, 0.6) is 0 Å². The van der Waals surface area contributed by atoms with Crippen LogP contribution in [0.3, 0.4) is 0 Å². The highest BCUT2D eigenvalue weighted by Gasteiger charge is 2.32. The Kier molecular flexibility index (Phi) is 2.72. The van der Waals surface area contributed by atoms with E-state index in [1.54, 1.807) is 4.90 Å². The highest BCUT2D eigenvalue weighted by Crippen LogP contribution is 2.29. The van der Waals surface area contributed by atoms with Gasteiger partial charge in [0.15, 0.2) is 0 Å². The maximum absolute atomic E-state index is 10.7. The molecule has 0 aliphatic heterocycles. The summed E-state index contributed by atoms with van der Waals surface area (Å²) >= 11 is 0. The number of aromatic nitrogens is 3. The molecule has 16 heavy (non-hydrogen) atoms. The molecule has 0 radical (unpaired) electrons. The van der Waals surface area contributed by atoms with E-state index in [4.69, 9.17) is 5.11 Å². The molecular weight excluding hydrogens is 208 g/mol. The molecule has 1 N–H and O–H groups in total. The minimum atomic E-state index is -0.867. The van der Waals surface area contributed by atoms with Crippen molar-refractivity contribution < 1.29 is 9.90 Å². The third-order valence-electron chi connectivity index (χ3n) is 2.63. The molecule has 1 aromatic heterocycles. The zero-order valence-electron chi connectivity index (χ0n) is 9.34. The molecule has 1 fully saturated rings. The fourth-order valence-corrected chi connectivity index (χ4v) is 1.46. The van der Waals surface area contributed by atoms with Gasteiger partial charge in [-0.05, 0) is 26.7 Å². The molecule has 1 heterocycles. The van der Waals surface area contributed by atoms with Gasteiger partial charge in [0.25, 0.3) is 0 Å². The molecule has 0 spiro atoms. The molecule has 1 aromatic rings. The van der Waals surface area contributed by atoms with Gasteiger partial charge in [0.1, 0.15) is 6.54 Å². The Morgan fingerprint density at radius 1 is 1.38 bits per heavy atom. The monoisotopic (exact) mass is 222 g/mol. The van der Waals surface area contributed by atoms with Gasteiger partial charge in [0.2, 0.25) is 5.95 Å². The second kappa shape index (κ2) is 4.03. The Morgan fingerprint density at radius 3 is 2.56 bits per heavy atom. The maximum Gasteiger partial charge on any atom is 0.323 e. The Morgan fingerprint density at radius 2 is 2.06 bits per heavy atom. The van der Waals surface area contributed by atoms with Crippen molar-refractivity contribution in [3.63, 3.8) is 0 Å². The van der Waals surface area contributed by atoms with Crippen molar-refractivity contribution in [3.05, 3.63) is 11.4 Å². The van der Waals surface area contributed by atoms with Crippen molar-refractivity contribution in [2.24, 2.45) is 0 Å². The predicted octanol–water partition coefficient (Wildman–Crippen LogP) is 0.542. The lowest BCUT2D eigenvalue weighted by Gasteiger charge is -2.19. The van der Waals surface area contributed by atoms with Gasteiger partial charge in [-0.25, -0.2) is 4.98 Å². The summed E-state index contributed by atoms with van der Waals surface area (Å²) in [5, 5.41) is 16.8. The smallest absolute Gasteiger partial charge is 0.323 e. The summed E-state index contributed by atoms with van der Waals surface area (Å²) in [5.41, 5.74) is 1.57. The molecule has 6 heteroatoms. The van der Waals surface area contributed by atoms with Gasteiger partial charge in [-0.2, -0.15) is 5.10 Å². The fraction of sp³-hybridized carbons (Fsp3) is 0.600. The summed E-state index contributed by atoms with van der Waals surface area (Å²) in [4.78, 5) is 16.7. The Balaban J connectivity index is 2.24. The minimum absolute atomic E-state index is 0.0607. The molecule has 0 aromatic carbocycles. The van der Waals surface area contributed by atoms with Crippen LogP contribution < -0.4 is 4.90 Å². The van der Waals surface area contributed by atoms with Gasteiger partial charge < -0.3 is 10.0 Å². The third-order valence-corrected chi connectivity index (χ3v) is 2.63. The number of hydrogen-bond donors (Lipinski definition) is 1. The van der Waals surface area contributed by atoms with E-state index in [0.717, 1.165) is 24.2 Å². The quantitative estimate of drug-likeness (QED) is 0.801. The average molecular weight is 222 g/mol. The van der Waals surface area contributed by atoms with E-state index in [-0.39, 0.29) is 12.6 Å². The first-order chi connectivity index (χ1) is 7.58. The SMILES string of the molecule is Cc1nnc(N(CC(=O)O)C2CC2)nc1C. The molecular formula is C10H14N4O2. The lowest BCUT2D eigenvalue weighted by Crippen LogP contribution is -2.33. The molecule has 1 aliphatic rings. The number of aliphatic carboxylic acids is 1. The van der Waals surface area contributed by atoms with E-state index >= 15 is 0 Å². The Bertz CT molecular complexity index is 417. The molecule has 2 rings (SSSR count). The third kappa shape index (κ3) is 2.26. The summed E-state index contributed by atoms with van der Waals surface area (Å²) in [6.45, 7) is 3.62. The van der Waals surface area contributed by atoms with Crippen LogP contribution in [0, 0.1) is 13.8 Å². The van der Waals surface area contributed by atoms with Gasteiger partial charge in [0.05, 0.1) is 11.4 Å². The number of nitrogens with zero attached hydrogens (tertiary/aromatic N) is 4. The van der Waals surface area contributed by atoms with E-state index in [1.807, 2.05) is 13.8 Å². The van der Waals surface area contributed by atoms with Crippen molar-refractivity contribution in [2.45, 2.75) is 32.7 Å². The lowest BCUT2D eigenvalue weighted by atomic mass is 10.4. The normalized spacial score (nSPS) is 14.9. The molecule has 86 valence electrons. The number of carboxylic acids is 1. The molecule has 0 atom stereocenters. The zero-order chi connectivity index (χ0) is 11.7. The molecule has 1 aliphatic carbocycles. The summed E-state index contributed by atoms with van der Waals surface area (Å²) in [5.74, 6) is -0.443. The van der Waals surface area contributed by atoms with Gasteiger partial charge in [-0.3, -0.25) is 4.79 Å². The number of rotatable bonds is 4. The Labute approximate surface area is 93.3 Å². The van der Waals surface area contributed by atoms with Crippen LogP contribution in [0.15, 0.2) is 0 Å². The van der Waals surface area contributed by atoms with Gasteiger partial charge in [-0.1, -0.05) is 0 Å². The molecule has 1 saturated carbocycles. The van der Waals surface area contributed by atoms with Gasteiger partial charge in [0, 0.05) is 6.04 Å². The average Bonchev–Trinajstić information content (AvgIpc) is 3.02. The summed E-state index contributed by atoms with van der Waals surface area (Å²) < 4.78 is 0. The standard InChI is InChI=1S/C10H14N4O2/c1-6-7(2)12-13-10(11-6)14(5-9(15)16)8-3-4-8/h8H,3-5H2,1-2H3,(H,15,16). The first kappa shape index (κ1) is 10.8.